The highest BCUT2D eigenvalue weighted by molar-refractivity contribution is 5.84. The summed E-state index contributed by atoms with van der Waals surface area (Å²) in [6, 6.07) is 9.21. The molecule has 1 aromatic carbocycles. The van der Waals surface area contributed by atoms with Crippen LogP contribution in [0.15, 0.2) is 42.0 Å². The van der Waals surface area contributed by atoms with Crippen LogP contribution in [0.5, 0.6) is 0 Å². The quantitative estimate of drug-likeness (QED) is 0.425. The van der Waals surface area contributed by atoms with Gasteiger partial charge in [-0.3, -0.25) is 10.1 Å². The van der Waals surface area contributed by atoms with Gasteiger partial charge in [0, 0.05) is 5.69 Å². The van der Waals surface area contributed by atoms with E-state index in [1.165, 1.54) is 7.11 Å². The predicted molar refractivity (Wildman–Crippen MR) is 102 cm³/mol. The third-order valence-corrected chi connectivity index (χ3v) is 4.86. The fourth-order valence-corrected chi connectivity index (χ4v) is 3.61. The molecule has 1 aliphatic carbocycles. The molecule has 0 fully saturated rings. The summed E-state index contributed by atoms with van der Waals surface area (Å²) in [5, 5.41) is 2.73. The van der Waals surface area contributed by atoms with Gasteiger partial charge in [-0.05, 0) is 43.9 Å². The first kappa shape index (κ1) is 20.0. The zero-order valence-corrected chi connectivity index (χ0v) is 15.9. The van der Waals surface area contributed by atoms with Crippen LogP contribution < -0.4 is 5.32 Å². The minimum Gasteiger partial charge on any atom is -0.469 e. The third-order valence-electron chi connectivity index (χ3n) is 4.86. The number of hydrogen-bond donors (Lipinski definition) is 1. The standard InChI is InChI=1S/C21H29NO4/c1-4-5-7-10-16-14-18(13-15(2)19(16)20(23)25-3)26-21(24)22-17-11-8-6-9-12-17/h6,8-9,11-13,16,18-19H,4-5,7,10,14H2,1-3H3,(H,22,24)/t16-,18+,19-/m1/s1. The number of anilines is 1. The van der Waals surface area contributed by atoms with Crippen molar-refractivity contribution in [3.05, 3.63) is 42.0 Å². The van der Waals surface area contributed by atoms with E-state index in [1.54, 1.807) is 0 Å². The predicted octanol–water partition coefficient (Wildman–Crippen LogP) is 4.94. The van der Waals surface area contributed by atoms with Gasteiger partial charge in [0.15, 0.2) is 0 Å². The second-order valence-corrected chi connectivity index (χ2v) is 6.84. The Morgan fingerprint density at radius 2 is 1.92 bits per heavy atom. The van der Waals surface area contributed by atoms with Crippen molar-refractivity contribution in [2.24, 2.45) is 11.8 Å². The Morgan fingerprint density at radius 1 is 1.19 bits per heavy atom. The van der Waals surface area contributed by atoms with Crippen LogP contribution in [0, 0.1) is 11.8 Å². The van der Waals surface area contributed by atoms with Crippen LogP contribution in [0.4, 0.5) is 10.5 Å². The first-order chi connectivity index (χ1) is 12.5. The molecule has 0 unspecified atom stereocenters. The third kappa shape index (κ3) is 5.61. The number of para-hydroxylation sites is 1. The lowest BCUT2D eigenvalue weighted by Crippen LogP contribution is -2.35. The van der Waals surface area contributed by atoms with Gasteiger partial charge < -0.3 is 9.47 Å². The number of ether oxygens (including phenoxy) is 2. The van der Waals surface area contributed by atoms with Crippen LogP contribution in [0.25, 0.3) is 0 Å². The van der Waals surface area contributed by atoms with E-state index in [2.05, 4.69) is 12.2 Å². The molecular weight excluding hydrogens is 330 g/mol. The summed E-state index contributed by atoms with van der Waals surface area (Å²) in [5.41, 5.74) is 1.61. The van der Waals surface area contributed by atoms with Crippen molar-refractivity contribution in [3.8, 4) is 0 Å². The van der Waals surface area contributed by atoms with Crippen LogP contribution in [0.3, 0.4) is 0 Å². The van der Waals surface area contributed by atoms with Crippen LogP contribution in [-0.2, 0) is 14.3 Å². The van der Waals surface area contributed by atoms with Gasteiger partial charge in [-0.15, -0.1) is 0 Å². The lowest BCUT2D eigenvalue weighted by Gasteiger charge is -2.33. The number of carbonyl (C=O) groups is 2. The molecule has 0 bridgehead atoms. The highest BCUT2D eigenvalue weighted by atomic mass is 16.6. The molecule has 1 aromatic rings. The van der Waals surface area contributed by atoms with Gasteiger partial charge >= 0.3 is 12.1 Å². The maximum atomic E-state index is 12.2. The van der Waals surface area contributed by atoms with Crippen molar-refractivity contribution in [1.82, 2.24) is 0 Å². The Bertz CT molecular complexity index is 626. The Hall–Kier alpha value is -2.30. The van der Waals surface area contributed by atoms with Gasteiger partial charge in [0.25, 0.3) is 0 Å². The molecule has 2 rings (SSSR count). The lowest BCUT2D eigenvalue weighted by molar-refractivity contribution is -0.146. The topological polar surface area (TPSA) is 64.6 Å². The highest BCUT2D eigenvalue weighted by Crippen LogP contribution is 2.36. The van der Waals surface area contributed by atoms with Gasteiger partial charge in [0.05, 0.1) is 13.0 Å². The SMILES string of the molecule is CCCCC[C@@H]1C[C@@H](OC(=O)Nc2ccccc2)C=C(C)[C@H]1C(=O)OC. The monoisotopic (exact) mass is 359 g/mol. The van der Waals surface area contributed by atoms with E-state index in [0.717, 1.165) is 31.3 Å². The van der Waals surface area contributed by atoms with Crippen molar-refractivity contribution >= 4 is 17.7 Å². The fourth-order valence-electron chi connectivity index (χ4n) is 3.61. The second-order valence-electron chi connectivity index (χ2n) is 6.84. The number of amides is 1. The van der Waals surface area contributed by atoms with Gasteiger partial charge in [-0.2, -0.15) is 0 Å². The number of unbranched alkanes of at least 4 members (excludes halogenated alkanes) is 2. The van der Waals surface area contributed by atoms with Crippen LogP contribution in [-0.4, -0.2) is 25.3 Å². The number of hydrogen-bond acceptors (Lipinski definition) is 4. The molecule has 142 valence electrons. The van der Waals surface area contributed by atoms with Crippen molar-refractivity contribution in [3.63, 3.8) is 0 Å². The van der Waals surface area contributed by atoms with Crippen molar-refractivity contribution in [2.45, 2.75) is 52.1 Å². The molecule has 0 heterocycles. The second kappa shape index (κ2) is 10.00. The van der Waals surface area contributed by atoms with Gasteiger partial charge in [0.2, 0.25) is 0 Å². The van der Waals surface area contributed by atoms with Gasteiger partial charge in [-0.1, -0.05) is 50.0 Å². The number of esters is 1. The molecule has 0 saturated carbocycles. The molecule has 0 saturated heterocycles. The minimum atomic E-state index is -0.478. The number of nitrogens with one attached hydrogen (secondary N) is 1. The Labute approximate surface area is 155 Å². The maximum Gasteiger partial charge on any atom is 0.412 e. The minimum absolute atomic E-state index is 0.133. The van der Waals surface area contributed by atoms with E-state index >= 15 is 0 Å². The number of carbonyl (C=O) groups excluding carboxylic acids is 2. The Balaban J connectivity index is 2.03. The molecule has 0 aliphatic heterocycles. The molecule has 1 amide bonds. The summed E-state index contributed by atoms with van der Waals surface area (Å²) in [6.45, 7) is 4.07. The average Bonchev–Trinajstić information content (AvgIpc) is 2.62. The molecule has 0 spiro atoms. The first-order valence-corrected chi connectivity index (χ1v) is 9.34. The van der Waals surface area contributed by atoms with Crippen LogP contribution in [0.2, 0.25) is 0 Å². The van der Waals surface area contributed by atoms with E-state index < -0.39 is 6.09 Å². The Morgan fingerprint density at radius 3 is 2.58 bits per heavy atom. The van der Waals surface area contributed by atoms with E-state index in [9.17, 15) is 9.59 Å². The zero-order valence-electron chi connectivity index (χ0n) is 15.9. The normalized spacial score (nSPS) is 22.3. The zero-order chi connectivity index (χ0) is 18.9. The Kier molecular flexibility index (Phi) is 7.70. The smallest absolute Gasteiger partial charge is 0.412 e. The van der Waals surface area contributed by atoms with Gasteiger partial charge in [-0.25, -0.2) is 4.79 Å². The number of rotatable bonds is 7. The largest absolute Gasteiger partial charge is 0.469 e. The van der Waals surface area contributed by atoms with Gasteiger partial charge in [0.1, 0.15) is 6.10 Å². The van der Waals surface area contributed by atoms with E-state index in [4.69, 9.17) is 9.47 Å². The van der Waals surface area contributed by atoms with Crippen molar-refractivity contribution in [2.75, 3.05) is 12.4 Å². The summed E-state index contributed by atoms with van der Waals surface area (Å²) in [6.07, 6.45) is 5.96. The van der Waals surface area contributed by atoms with Crippen molar-refractivity contribution < 1.29 is 19.1 Å². The summed E-state index contributed by atoms with van der Waals surface area (Å²) >= 11 is 0. The molecule has 0 aromatic heterocycles. The molecule has 1 N–H and O–H groups in total. The summed E-state index contributed by atoms with van der Waals surface area (Å²) in [4.78, 5) is 24.4. The lowest BCUT2D eigenvalue weighted by atomic mass is 9.75. The van der Waals surface area contributed by atoms with Crippen LogP contribution in [0.1, 0.15) is 46.0 Å². The fraction of sp³-hybridized carbons (Fsp3) is 0.524. The van der Waals surface area contributed by atoms with E-state index in [-0.39, 0.29) is 23.9 Å². The summed E-state index contributed by atoms with van der Waals surface area (Å²) in [7, 11) is 1.43. The molecule has 0 radical (unpaired) electrons. The molecule has 3 atom stereocenters. The maximum absolute atomic E-state index is 12.2. The average molecular weight is 359 g/mol. The molecule has 26 heavy (non-hydrogen) atoms. The first-order valence-electron chi connectivity index (χ1n) is 9.34. The summed E-state index contributed by atoms with van der Waals surface area (Å²) in [5.74, 6) is -0.310. The van der Waals surface area contributed by atoms with E-state index in [0.29, 0.717) is 12.1 Å². The molecular formula is C21H29NO4. The molecule has 1 aliphatic rings. The highest BCUT2D eigenvalue weighted by Gasteiger charge is 2.36. The van der Waals surface area contributed by atoms with Crippen molar-refractivity contribution in [1.29, 1.82) is 0 Å². The van der Waals surface area contributed by atoms with Crippen LogP contribution >= 0.6 is 0 Å². The molecule has 5 heteroatoms. The molecule has 5 nitrogen and oxygen atoms in total. The number of benzene rings is 1. The number of methoxy groups -OCH3 is 1. The summed E-state index contributed by atoms with van der Waals surface area (Å²) < 4.78 is 10.6. The van der Waals surface area contributed by atoms with E-state index in [1.807, 2.05) is 43.3 Å².